The molecule has 0 aliphatic heterocycles. The van der Waals surface area contributed by atoms with Gasteiger partial charge in [0.05, 0.1) is 0 Å². The number of pyridine rings is 1. The van der Waals surface area contributed by atoms with Crippen LogP contribution in [-0.4, -0.2) is 33.6 Å². The van der Waals surface area contributed by atoms with Gasteiger partial charge in [0.2, 0.25) is 0 Å². The van der Waals surface area contributed by atoms with Crippen LogP contribution in [0, 0.1) is 6.92 Å². The highest BCUT2D eigenvalue weighted by atomic mass is 16.6. The SMILES string of the molecule is CCCN(C(=O)OCc1ccccc1)C(C(=O)O)c1cnccc1C. The smallest absolute Gasteiger partial charge is 0.411 e. The molecule has 1 atom stereocenters. The molecule has 132 valence electrons. The highest BCUT2D eigenvalue weighted by Gasteiger charge is 2.33. The van der Waals surface area contributed by atoms with Crippen molar-refractivity contribution in [1.82, 2.24) is 9.88 Å². The molecule has 1 aromatic carbocycles. The zero-order valence-electron chi connectivity index (χ0n) is 14.4. The van der Waals surface area contributed by atoms with E-state index in [0.29, 0.717) is 12.0 Å². The summed E-state index contributed by atoms with van der Waals surface area (Å²) in [4.78, 5) is 29.7. The third-order valence-corrected chi connectivity index (χ3v) is 3.82. The average Bonchev–Trinajstić information content (AvgIpc) is 2.61. The number of carboxylic acids is 1. The van der Waals surface area contributed by atoms with Gasteiger partial charge >= 0.3 is 12.1 Å². The van der Waals surface area contributed by atoms with E-state index in [1.807, 2.05) is 37.3 Å². The van der Waals surface area contributed by atoms with E-state index in [-0.39, 0.29) is 13.2 Å². The molecular formula is C19H22N2O4. The van der Waals surface area contributed by atoms with Crippen LogP contribution in [0.5, 0.6) is 0 Å². The molecule has 0 saturated heterocycles. The van der Waals surface area contributed by atoms with Gasteiger partial charge in [-0.3, -0.25) is 9.88 Å². The number of nitrogens with zero attached hydrogens (tertiary/aromatic N) is 2. The van der Waals surface area contributed by atoms with Crippen LogP contribution in [-0.2, 0) is 16.1 Å². The molecule has 2 aromatic rings. The summed E-state index contributed by atoms with van der Waals surface area (Å²) < 4.78 is 5.34. The van der Waals surface area contributed by atoms with Crippen molar-refractivity contribution in [3.8, 4) is 0 Å². The van der Waals surface area contributed by atoms with Crippen LogP contribution in [0.4, 0.5) is 4.79 Å². The minimum Gasteiger partial charge on any atom is -0.479 e. The van der Waals surface area contributed by atoms with Gasteiger partial charge in [-0.2, -0.15) is 0 Å². The van der Waals surface area contributed by atoms with Crippen LogP contribution < -0.4 is 0 Å². The lowest BCUT2D eigenvalue weighted by Crippen LogP contribution is -2.40. The molecule has 2 rings (SSSR count). The van der Waals surface area contributed by atoms with E-state index in [4.69, 9.17) is 4.74 Å². The fraction of sp³-hybridized carbons (Fsp3) is 0.316. The molecular weight excluding hydrogens is 320 g/mol. The van der Waals surface area contributed by atoms with E-state index in [9.17, 15) is 14.7 Å². The van der Waals surface area contributed by atoms with E-state index in [2.05, 4.69) is 4.98 Å². The van der Waals surface area contributed by atoms with Crippen molar-refractivity contribution in [3.63, 3.8) is 0 Å². The highest BCUT2D eigenvalue weighted by Crippen LogP contribution is 2.25. The van der Waals surface area contributed by atoms with Gasteiger partial charge in [-0.25, -0.2) is 9.59 Å². The molecule has 0 spiro atoms. The lowest BCUT2D eigenvalue weighted by atomic mass is 10.0. The van der Waals surface area contributed by atoms with Gasteiger partial charge in [0.1, 0.15) is 6.61 Å². The van der Waals surface area contributed by atoms with Crippen molar-refractivity contribution < 1.29 is 19.4 Å². The molecule has 1 heterocycles. The first-order chi connectivity index (χ1) is 12.0. The second kappa shape index (κ2) is 8.82. The molecule has 1 unspecified atom stereocenters. The number of amides is 1. The number of aromatic nitrogens is 1. The number of hydrogen-bond acceptors (Lipinski definition) is 4. The van der Waals surface area contributed by atoms with Crippen LogP contribution in [0.3, 0.4) is 0 Å². The summed E-state index contributed by atoms with van der Waals surface area (Å²) in [6, 6.07) is 9.87. The summed E-state index contributed by atoms with van der Waals surface area (Å²) in [6.45, 7) is 4.05. The Morgan fingerprint density at radius 1 is 1.24 bits per heavy atom. The molecule has 0 fully saturated rings. The lowest BCUT2D eigenvalue weighted by molar-refractivity contribution is -0.143. The zero-order chi connectivity index (χ0) is 18.2. The van der Waals surface area contributed by atoms with Crippen molar-refractivity contribution in [2.75, 3.05) is 6.54 Å². The lowest BCUT2D eigenvalue weighted by Gasteiger charge is -2.28. The summed E-state index contributed by atoms with van der Waals surface area (Å²) in [5.74, 6) is -1.11. The summed E-state index contributed by atoms with van der Waals surface area (Å²) in [5, 5.41) is 9.71. The van der Waals surface area contributed by atoms with Gasteiger partial charge in [-0.1, -0.05) is 37.3 Å². The molecule has 1 amide bonds. The zero-order valence-corrected chi connectivity index (χ0v) is 14.4. The van der Waals surface area contributed by atoms with Crippen LogP contribution in [0.2, 0.25) is 0 Å². The fourth-order valence-electron chi connectivity index (χ4n) is 2.57. The Morgan fingerprint density at radius 2 is 1.96 bits per heavy atom. The third-order valence-electron chi connectivity index (χ3n) is 3.82. The largest absolute Gasteiger partial charge is 0.479 e. The molecule has 0 aliphatic carbocycles. The summed E-state index contributed by atoms with van der Waals surface area (Å²) in [5.41, 5.74) is 2.09. The fourth-order valence-corrected chi connectivity index (χ4v) is 2.57. The van der Waals surface area contributed by atoms with Crippen molar-refractivity contribution in [2.45, 2.75) is 32.9 Å². The number of ether oxygens (including phenoxy) is 1. The van der Waals surface area contributed by atoms with Gasteiger partial charge in [-0.05, 0) is 30.5 Å². The number of hydrogen-bond donors (Lipinski definition) is 1. The maximum absolute atomic E-state index is 12.6. The summed E-state index contributed by atoms with van der Waals surface area (Å²) in [6.07, 6.45) is 3.04. The second-order valence-electron chi connectivity index (χ2n) is 5.71. The van der Waals surface area contributed by atoms with Gasteiger partial charge in [0.15, 0.2) is 6.04 Å². The van der Waals surface area contributed by atoms with E-state index in [0.717, 1.165) is 11.1 Å². The normalized spacial score (nSPS) is 11.6. The van der Waals surface area contributed by atoms with Gasteiger partial charge in [0.25, 0.3) is 0 Å². The Morgan fingerprint density at radius 3 is 2.56 bits per heavy atom. The Hall–Kier alpha value is -2.89. The van der Waals surface area contributed by atoms with Crippen molar-refractivity contribution >= 4 is 12.1 Å². The van der Waals surface area contributed by atoms with Crippen LogP contribution in [0.25, 0.3) is 0 Å². The molecule has 6 heteroatoms. The van der Waals surface area contributed by atoms with Crippen molar-refractivity contribution in [3.05, 3.63) is 65.5 Å². The topological polar surface area (TPSA) is 79.7 Å². The van der Waals surface area contributed by atoms with Crippen molar-refractivity contribution in [2.24, 2.45) is 0 Å². The molecule has 6 nitrogen and oxygen atoms in total. The first kappa shape index (κ1) is 18.4. The molecule has 25 heavy (non-hydrogen) atoms. The maximum atomic E-state index is 12.6. The van der Waals surface area contributed by atoms with E-state index >= 15 is 0 Å². The first-order valence-electron chi connectivity index (χ1n) is 8.15. The number of benzene rings is 1. The first-order valence-corrected chi connectivity index (χ1v) is 8.15. The van der Waals surface area contributed by atoms with E-state index < -0.39 is 18.1 Å². The van der Waals surface area contributed by atoms with E-state index in [1.165, 1.54) is 11.1 Å². The van der Waals surface area contributed by atoms with Crippen LogP contribution in [0.15, 0.2) is 48.8 Å². The number of carbonyl (C=O) groups is 2. The van der Waals surface area contributed by atoms with Gasteiger partial charge in [0, 0.05) is 24.5 Å². The number of aryl methyl sites for hydroxylation is 1. The molecule has 0 saturated carbocycles. The number of rotatable bonds is 7. The number of carbonyl (C=O) groups excluding carboxylic acids is 1. The number of aliphatic carboxylic acids is 1. The number of carboxylic acid groups (broad SMARTS) is 1. The third kappa shape index (κ3) is 4.79. The quantitative estimate of drug-likeness (QED) is 0.832. The average molecular weight is 342 g/mol. The van der Waals surface area contributed by atoms with Crippen LogP contribution >= 0.6 is 0 Å². The van der Waals surface area contributed by atoms with Crippen LogP contribution in [0.1, 0.15) is 36.1 Å². The Bertz CT molecular complexity index is 718. The molecule has 1 aromatic heterocycles. The second-order valence-corrected chi connectivity index (χ2v) is 5.71. The monoisotopic (exact) mass is 342 g/mol. The predicted octanol–water partition coefficient (Wildman–Crippen LogP) is 3.56. The molecule has 1 N–H and O–H groups in total. The van der Waals surface area contributed by atoms with Gasteiger partial charge < -0.3 is 9.84 Å². The standard InChI is InChI=1S/C19H22N2O4/c1-3-11-21(19(24)25-13-15-7-5-4-6-8-15)17(18(22)23)16-12-20-10-9-14(16)2/h4-10,12,17H,3,11,13H2,1-2H3,(H,22,23). The van der Waals surface area contributed by atoms with Gasteiger partial charge in [-0.15, -0.1) is 0 Å². The minimum absolute atomic E-state index is 0.0955. The molecule has 0 radical (unpaired) electrons. The molecule has 0 aliphatic rings. The highest BCUT2D eigenvalue weighted by molar-refractivity contribution is 5.81. The Labute approximate surface area is 147 Å². The predicted molar refractivity (Wildman–Crippen MR) is 93.0 cm³/mol. The van der Waals surface area contributed by atoms with Crippen molar-refractivity contribution in [1.29, 1.82) is 0 Å². The maximum Gasteiger partial charge on any atom is 0.411 e. The molecule has 0 bridgehead atoms. The summed E-state index contributed by atoms with van der Waals surface area (Å²) >= 11 is 0. The Kier molecular flexibility index (Phi) is 6.51. The summed E-state index contributed by atoms with van der Waals surface area (Å²) in [7, 11) is 0. The Balaban J connectivity index is 2.22. The minimum atomic E-state index is -1.13. The van der Waals surface area contributed by atoms with E-state index in [1.54, 1.807) is 19.2 Å².